The maximum Gasteiger partial charge on any atom is 0.319 e. The Morgan fingerprint density at radius 1 is 1.19 bits per heavy atom. The maximum absolute atomic E-state index is 13.4. The van der Waals surface area contributed by atoms with Crippen LogP contribution < -0.4 is 5.56 Å². The number of hydrogen-bond acceptors (Lipinski definition) is 7. The molecule has 2 fully saturated rings. The molecule has 2 aromatic rings. The number of esters is 1. The Morgan fingerprint density at radius 3 is 2.88 bits per heavy atom. The van der Waals surface area contributed by atoms with Gasteiger partial charge >= 0.3 is 5.97 Å². The number of thiophene rings is 1. The first-order chi connectivity index (χ1) is 12.7. The monoisotopic (exact) mass is 392 g/mol. The van der Waals surface area contributed by atoms with Crippen LogP contribution in [0.1, 0.15) is 36.1 Å². The second-order valence-corrected chi connectivity index (χ2v) is 9.30. The number of carbonyl (C=O) groups is 1. The Hall–Kier alpha value is -1.38. The van der Waals surface area contributed by atoms with Crippen molar-refractivity contribution in [2.24, 2.45) is 0 Å². The lowest BCUT2D eigenvalue weighted by Crippen LogP contribution is -2.29. The lowest BCUT2D eigenvalue weighted by atomic mass is 10.2. The summed E-state index contributed by atoms with van der Waals surface area (Å²) in [6.07, 6.45) is 5.83. The van der Waals surface area contributed by atoms with Crippen molar-refractivity contribution < 1.29 is 14.3 Å². The SMILES string of the molecule is O=C1OCC[C@H]1Sc1nc2sc3c(c2c(=O)n1C[C@@H]1CCCO1)CCC3. The highest BCUT2D eigenvalue weighted by Gasteiger charge is 2.31. The molecule has 5 rings (SSSR count). The Balaban J connectivity index is 1.61. The van der Waals surface area contributed by atoms with E-state index in [4.69, 9.17) is 14.5 Å². The fourth-order valence-electron chi connectivity index (χ4n) is 4.01. The van der Waals surface area contributed by atoms with Gasteiger partial charge in [0.2, 0.25) is 0 Å². The van der Waals surface area contributed by atoms with Gasteiger partial charge in [-0.1, -0.05) is 11.8 Å². The highest BCUT2D eigenvalue weighted by molar-refractivity contribution is 8.00. The standard InChI is InChI=1S/C18H20N2O4S2/c21-16-14-11-4-1-5-12(11)25-15(14)19-18(26-13-6-8-24-17(13)22)20(16)9-10-3-2-7-23-10/h10,13H,1-9H2/t10-,13+/m0/s1. The highest BCUT2D eigenvalue weighted by atomic mass is 32.2. The van der Waals surface area contributed by atoms with E-state index < -0.39 is 0 Å². The molecule has 1 aliphatic carbocycles. The number of fused-ring (bicyclic) bond motifs is 3. The Morgan fingerprint density at radius 2 is 2.12 bits per heavy atom. The number of ether oxygens (including phenoxy) is 2. The molecule has 26 heavy (non-hydrogen) atoms. The molecule has 0 radical (unpaired) electrons. The summed E-state index contributed by atoms with van der Waals surface area (Å²) in [6.45, 7) is 1.71. The first kappa shape index (κ1) is 16.8. The molecular formula is C18H20N2O4S2. The van der Waals surface area contributed by atoms with Crippen molar-refractivity contribution in [3.05, 3.63) is 20.8 Å². The summed E-state index contributed by atoms with van der Waals surface area (Å²) in [7, 11) is 0. The predicted molar refractivity (Wildman–Crippen MR) is 100 cm³/mol. The minimum atomic E-state index is -0.276. The van der Waals surface area contributed by atoms with Crippen molar-refractivity contribution in [2.75, 3.05) is 13.2 Å². The zero-order valence-electron chi connectivity index (χ0n) is 14.4. The van der Waals surface area contributed by atoms with E-state index in [1.807, 2.05) is 0 Å². The number of rotatable bonds is 4. The van der Waals surface area contributed by atoms with E-state index in [0.717, 1.165) is 48.9 Å². The third-order valence-corrected chi connectivity index (χ3v) is 7.76. The van der Waals surface area contributed by atoms with Crippen LogP contribution in [0.25, 0.3) is 10.2 Å². The van der Waals surface area contributed by atoms with E-state index in [9.17, 15) is 9.59 Å². The molecule has 3 aliphatic rings. The van der Waals surface area contributed by atoms with E-state index in [1.54, 1.807) is 15.9 Å². The number of aryl methyl sites for hydroxylation is 2. The minimum absolute atomic E-state index is 0.0266. The van der Waals surface area contributed by atoms with Gasteiger partial charge in [-0.15, -0.1) is 11.3 Å². The summed E-state index contributed by atoms with van der Waals surface area (Å²) in [6, 6.07) is 0. The normalized spacial score (nSPS) is 25.2. The maximum atomic E-state index is 13.4. The second-order valence-electron chi connectivity index (χ2n) is 7.05. The molecule has 0 saturated carbocycles. The van der Waals surface area contributed by atoms with Crippen molar-refractivity contribution in [1.82, 2.24) is 9.55 Å². The van der Waals surface area contributed by atoms with E-state index >= 15 is 0 Å². The number of nitrogens with zero attached hydrogens (tertiary/aromatic N) is 2. The van der Waals surface area contributed by atoms with Crippen LogP contribution in [-0.2, 0) is 33.7 Å². The van der Waals surface area contributed by atoms with Crippen LogP contribution in [0.3, 0.4) is 0 Å². The molecule has 2 aromatic heterocycles. The lowest BCUT2D eigenvalue weighted by molar-refractivity contribution is -0.137. The molecule has 4 heterocycles. The molecule has 0 spiro atoms. The largest absolute Gasteiger partial charge is 0.465 e. The molecule has 6 nitrogen and oxygen atoms in total. The van der Waals surface area contributed by atoms with Gasteiger partial charge in [-0.05, 0) is 37.7 Å². The third-order valence-electron chi connectivity index (χ3n) is 5.33. The van der Waals surface area contributed by atoms with Crippen LogP contribution in [-0.4, -0.2) is 40.1 Å². The Labute approximate surface area is 158 Å². The molecule has 8 heteroatoms. The van der Waals surface area contributed by atoms with Gasteiger partial charge in [0.1, 0.15) is 10.1 Å². The molecule has 2 atom stereocenters. The van der Waals surface area contributed by atoms with Crippen LogP contribution in [0.5, 0.6) is 0 Å². The van der Waals surface area contributed by atoms with Crippen LogP contribution in [0, 0.1) is 0 Å². The fourth-order valence-corrected chi connectivity index (χ4v) is 6.38. The van der Waals surface area contributed by atoms with Crippen molar-refractivity contribution in [3.63, 3.8) is 0 Å². The van der Waals surface area contributed by atoms with Gasteiger partial charge in [-0.25, -0.2) is 4.98 Å². The summed E-state index contributed by atoms with van der Waals surface area (Å²) < 4.78 is 12.6. The molecule has 138 valence electrons. The number of carbonyl (C=O) groups excluding carboxylic acids is 1. The van der Waals surface area contributed by atoms with Gasteiger partial charge in [0.25, 0.3) is 5.56 Å². The highest BCUT2D eigenvalue weighted by Crippen LogP contribution is 2.37. The average molecular weight is 393 g/mol. The van der Waals surface area contributed by atoms with Crippen molar-refractivity contribution in [1.29, 1.82) is 0 Å². The first-order valence-electron chi connectivity index (χ1n) is 9.20. The number of aromatic nitrogens is 2. The fraction of sp³-hybridized carbons (Fsp3) is 0.611. The van der Waals surface area contributed by atoms with Crippen LogP contribution >= 0.6 is 23.1 Å². The Bertz CT molecular complexity index is 929. The van der Waals surface area contributed by atoms with Gasteiger partial charge in [0.15, 0.2) is 5.16 Å². The number of cyclic esters (lactones) is 1. The van der Waals surface area contributed by atoms with Crippen molar-refractivity contribution in [2.45, 2.75) is 61.6 Å². The molecule has 2 saturated heterocycles. The van der Waals surface area contributed by atoms with E-state index in [2.05, 4.69) is 0 Å². The molecule has 0 amide bonds. The minimum Gasteiger partial charge on any atom is -0.465 e. The molecule has 0 N–H and O–H groups in total. The summed E-state index contributed by atoms with van der Waals surface area (Å²) >= 11 is 3.01. The van der Waals surface area contributed by atoms with Gasteiger partial charge in [0.05, 0.1) is 24.6 Å². The lowest BCUT2D eigenvalue weighted by Gasteiger charge is -2.17. The second kappa shape index (κ2) is 6.65. The molecule has 2 aliphatic heterocycles. The van der Waals surface area contributed by atoms with Gasteiger partial charge in [0, 0.05) is 17.9 Å². The zero-order valence-corrected chi connectivity index (χ0v) is 16.0. The first-order valence-corrected chi connectivity index (χ1v) is 10.9. The van der Waals surface area contributed by atoms with Gasteiger partial charge in [-0.3, -0.25) is 14.2 Å². The van der Waals surface area contributed by atoms with Gasteiger partial charge in [-0.2, -0.15) is 0 Å². The zero-order chi connectivity index (χ0) is 17.7. The average Bonchev–Trinajstić information content (AvgIpc) is 3.37. The smallest absolute Gasteiger partial charge is 0.319 e. The molecule has 0 bridgehead atoms. The van der Waals surface area contributed by atoms with Crippen molar-refractivity contribution >= 4 is 39.3 Å². The summed E-state index contributed by atoms with van der Waals surface area (Å²) in [5.74, 6) is -0.207. The number of thioether (sulfide) groups is 1. The van der Waals surface area contributed by atoms with E-state index in [-0.39, 0.29) is 22.9 Å². The summed E-state index contributed by atoms with van der Waals surface area (Å²) in [5, 5.41) is 1.14. The van der Waals surface area contributed by atoms with Gasteiger partial charge < -0.3 is 9.47 Å². The van der Waals surface area contributed by atoms with E-state index in [1.165, 1.54) is 22.2 Å². The van der Waals surface area contributed by atoms with Crippen LogP contribution in [0.15, 0.2) is 9.95 Å². The summed E-state index contributed by atoms with van der Waals surface area (Å²) in [5.41, 5.74) is 1.22. The topological polar surface area (TPSA) is 70.4 Å². The van der Waals surface area contributed by atoms with Crippen LogP contribution in [0.4, 0.5) is 0 Å². The molecule has 0 aromatic carbocycles. The number of hydrogen-bond donors (Lipinski definition) is 0. The molecule has 0 unspecified atom stereocenters. The predicted octanol–water partition coefficient (Wildman–Crippen LogP) is 2.53. The molecular weight excluding hydrogens is 372 g/mol. The summed E-state index contributed by atoms with van der Waals surface area (Å²) in [4.78, 5) is 32.2. The van der Waals surface area contributed by atoms with E-state index in [0.29, 0.717) is 24.7 Å². The van der Waals surface area contributed by atoms with Crippen LogP contribution in [0.2, 0.25) is 0 Å². The quantitative estimate of drug-likeness (QED) is 0.588. The third kappa shape index (κ3) is 2.78. The Kier molecular flexibility index (Phi) is 4.29. The van der Waals surface area contributed by atoms with Crippen molar-refractivity contribution in [3.8, 4) is 0 Å².